The molecule has 2 aromatic carbocycles. The smallest absolute Gasteiger partial charge is 0.277 e. The summed E-state index contributed by atoms with van der Waals surface area (Å²) < 4.78 is 5.14. The number of carbonyl (C=O) groups is 1. The van der Waals surface area contributed by atoms with Crippen molar-refractivity contribution in [3.63, 3.8) is 0 Å². The molecule has 34 heavy (non-hydrogen) atoms. The Morgan fingerprint density at radius 2 is 1.62 bits per heavy atom. The quantitative estimate of drug-likeness (QED) is 0.228. The van der Waals surface area contributed by atoms with E-state index >= 15 is 0 Å². The van der Waals surface area contributed by atoms with Crippen LogP contribution in [0.5, 0.6) is 5.75 Å². The molecule has 0 saturated carbocycles. The Morgan fingerprint density at radius 1 is 0.971 bits per heavy atom. The van der Waals surface area contributed by atoms with E-state index in [1.807, 2.05) is 31.2 Å². The second kappa shape index (κ2) is 10.7. The van der Waals surface area contributed by atoms with Gasteiger partial charge in [0.2, 0.25) is 5.95 Å². The number of nitrogens with zero attached hydrogens (tertiary/aromatic N) is 4. The molecule has 0 saturated heterocycles. The number of aromatic nitrogens is 2. The van der Waals surface area contributed by atoms with E-state index in [-0.39, 0.29) is 18.7 Å². The molecule has 1 amide bonds. The summed E-state index contributed by atoms with van der Waals surface area (Å²) in [4.78, 5) is 41.4. The molecule has 0 fully saturated rings. The molecule has 0 aliphatic carbocycles. The molecular weight excluding hydrogens is 446 g/mol. The highest BCUT2D eigenvalue weighted by Crippen LogP contribution is 2.23. The van der Waals surface area contributed by atoms with Crippen LogP contribution in [0.15, 0.2) is 48.5 Å². The molecule has 0 aliphatic heterocycles. The molecule has 0 spiro atoms. The number of hydrogen-bond donors (Lipinski definition) is 3. The molecule has 1 heterocycles. The van der Waals surface area contributed by atoms with Crippen LogP contribution in [0.2, 0.25) is 0 Å². The molecule has 13 nitrogen and oxygen atoms in total. The van der Waals surface area contributed by atoms with Crippen LogP contribution >= 0.6 is 0 Å². The highest BCUT2D eigenvalue weighted by atomic mass is 16.6. The maximum atomic E-state index is 12.3. The minimum atomic E-state index is -0.794. The van der Waals surface area contributed by atoms with E-state index in [2.05, 4.69) is 25.9 Å². The number of benzene rings is 2. The van der Waals surface area contributed by atoms with Gasteiger partial charge in [-0.15, -0.1) is 0 Å². The predicted octanol–water partition coefficient (Wildman–Crippen LogP) is 3.20. The molecule has 0 unspecified atom stereocenters. The molecule has 3 rings (SSSR count). The first-order valence-corrected chi connectivity index (χ1v) is 9.98. The zero-order valence-corrected chi connectivity index (χ0v) is 18.3. The van der Waals surface area contributed by atoms with Gasteiger partial charge >= 0.3 is 0 Å². The van der Waals surface area contributed by atoms with Crippen molar-refractivity contribution in [2.24, 2.45) is 0 Å². The number of methoxy groups -OCH3 is 1. The fourth-order valence-corrected chi connectivity index (χ4v) is 2.92. The van der Waals surface area contributed by atoms with Crippen molar-refractivity contribution < 1.29 is 19.4 Å². The van der Waals surface area contributed by atoms with Gasteiger partial charge in [0, 0.05) is 42.7 Å². The van der Waals surface area contributed by atoms with Gasteiger partial charge in [-0.05, 0) is 31.2 Å². The highest BCUT2D eigenvalue weighted by Gasteiger charge is 2.19. The fraction of sp³-hybridized carbons (Fsp3) is 0.190. The maximum absolute atomic E-state index is 12.3. The lowest BCUT2D eigenvalue weighted by molar-refractivity contribution is -0.394. The topological polar surface area (TPSA) is 174 Å². The third-order valence-electron chi connectivity index (χ3n) is 4.50. The van der Waals surface area contributed by atoms with Crippen LogP contribution in [0, 0.1) is 27.2 Å². The third-order valence-corrected chi connectivity index (χ3v) is 4.50. The Bertz CT molecular complexity index is 1180. The lowest BCUT2D eigenvalue weighted by Crippen LogP contribution is -2.29. The van der Waals surface area contributed by atoms with E-state index in [1.54, 1.807) is 13.2 Å². The largest absolute Gasteiger partial charge is 0.497 e. The third kappa shape index (κ3) is 6.35. The number of aryl methyl sites for hydroxylation is 1. The number of ether oxygens (including phenoxy) is 1. The van der Waals surface area contributed by atoms with E-state index in [0.29, 0.717) is 17.5 Å². The molecule has 0 atom stereocenters. The molecule has 0 bridgehead atoms. The summed E-state index contributed by atoms with van der Waals surface area (Å²) in [7, 11) is 1.59. The summed E-state index contributed by atoms with van der Waals surface area (Å²) >= 11 is 0. The number of non-ortho nitro benzene ring substituents is 2. The number of amides is 1. The molecule has 13 heteroatoms. The first kappa shape index (κ1) is 23.8. The van der Waals surface area contributed by atoms with Crippen LogP contribution in [0.1, 0.15) is 16.1 Å². The second-order valence-electron chi connectivity index (χ2n) is 7.01. The number of nitro benzene ring substituents is 2. The zero-order chi connectivity index (χ0) is 24.7. The van der Waals surface area contributed by atoms with E-state index in [4.69, 9.17) is 4.74 Å². The van der Waals surface area contributed by atoms with Gasteiger partial charge in [0.25, 0.3) is 17.3 Å². The summed E-state index contributed by atoms with van der Waals surface area (Å²) in [5.41, 5.74) is 0.258. The van der Waals surface area contributed by atoms with Gasteiger partial charge < -0.3 is 20.7 Å². The van der Waals surface area contributed by atoms with Crippen molar-refractivity contribution in [1.29, 1.82) is 0 Å². The Morgan fingerprint density at radius 3 is 2.21 bits per heavy atom. The SMILES string of the molecule is COc1ccc(Nc2cc(C)nc(NCCNC(=O)c3cc([N+](=O)[O-])cc([N+](=O)[O-])c3)n2)cc1. The van der Waals surface area contributed by atoms with Crippen molar-refractivity contribution >= 4 is 34.7 Å². The lowest BCUT2D eigenvalue weighted by atomic mass is 10.1. The molecular formula is C21H21N7O6. The van der Waals surface area contributed by atoms with Crippen LogP contribution in [-0.4, -0.2) is 45.9 Å². The zero-order valence-electron chi connectivity index (χ0n) is 18.3. The van der Waals surface area contributed by atoms with E-state index < -0.39 is 27.1 Å². The standard InChI is InChI=1S/C21H21N7O6/c1-13-9-19(25-15-3-5-18(34-2)6-4-15)26-21(24-13)23-8-7-22-20(29)14-10-16(27(30)31)12-17(11-14)28(32)33/h3-6,9-12H,7-8H2,1-2H3,(H,22,29)(H2,23,24,25,26). The molecule has 1 aromatic heterocycles. The minimum absolute atomic E-state index is 0.119. The number of nitro groups is 2. The van der Waals surface area contributed by atoms with Gasteiger partial charge in [0.15, 0.2) is 0 Å². The van der Waals surface area contributed by atoms with E-state index in [9.17, 15) is 25.0 Å². The van der Waals surface area contributed by atoms with Crippen molar-refractivity contribution in [1.82, 2.24) is 15.3 Å². The first-order valence-electron chi connectivity index (χ1n) is 9.98. The van der Waals surface area contributed by atoms with Crippen molar-refractivity contribution in [3.8, 4) is 5.75 Å². The van der Waals surface area contributed by atoms with Crippen LogP contribution in [0.3, 0.4) is 0 Å². The van der Waals surface area contributed by atoms with Gasteiger partial charge in [0.05, 0.1) is 28.6 Å². The van der Waals surface area contributed by atoms with Crippen molar-refractivity contribution in [3.05, 3.63) is 80.0 Å². The number of rotatable bonds is 10. The molecule has 3 aromatic rings. The number of nitrogens with one attached hydrogen (secondary N) is 3. The van der Waals surface area contributed by atoms with E-state index in [1.165, 1.54) is 0 Å². The van der Waals surface area contributed by atoms with Gasteiger partial charge in [-0.1, -0.05) is 0 Å². The van der Waals surface area contributed by atoms with Gasteiger partial charge in [-0.2, -0.15) is 4.98 Å². The summed E-state index contributed by atoms with van der Waals surface area (Å²) in [6.45, 7) is 2.17. The predicted molar refractivity (Wildman–Crippen MR) is 124 cm³/mol. The fourth-order valence-electron chi connectivity index (χ4n) is 2.92. The molecule has 0 aliphatic rings. The molecule has 0 radical (unpaired) electrons. The first-order chi connectivity index (χ1) is 16.2. The van der Waals surface area contributed by atoms with E-state index in [0.717, 1.165) is 29.6 Å². The minimum Gasteiger partial charge on any atom is -0.497 e. The molecule has 176 valence electrons. The van der Waals surface area contributed by atoms with Crippen molar-refractivity contribution in [2.45, 2.75) is 6.92 Å². The van der Waals surface area contributed by atoms with Crippen LogP contribution in [-0.2, 0) is 0 Å². The summed E-state index contributed by atoms with van der Waals surface area (Å²) in [5, 5.41) is 30.7. The van der Waals surface area contributed by atoms with Crippen molar-refractivity contribution in [2.75, 3.05) is 30.8 Å². The Labute approximate surface area is 193 Å². The van der Waals surface area contributed by atoms with Gasteiger partial charge in [0.1, 0.15) is 11.6 Å². The molecule has 3 N–H and O–H groups in total. The number of hydrogen-bond acceptors (Lipinski definition) is 10. The van der Waals surface area contributed by atoms with Crippen LogP contribution in [0.4, 0.5) is 28.8 Å². The Balaban J connectivity index is 1.58. The highest BCUT2D eigenvalue weighted by molar-refractivity contribution is 5.95. The van der Waals surface area contributed by atoms with Gasteiger partial charge in [-0.25, -0.2) is 4.98 Å². The van der Waals surface area contributed by atoms with Gasteiger partial charge in [-0.3, -0.25) is 25.0 Å². The average molecular weight is 467 g/mol. The summed E-state index contributed by atoms with van der Waals surface area (Å²) in [5.74, 6) is 0.943. The van der Waals surface area contributed by atoms with Crippen LogP contribution in [0.25, 0.3) is 0 Å². The summed E-state index contributed by atoms with van der Waals surface area (Å²) in [6, 6.07) is 11.8. The monoisotopic (exact) mass is 467 g/mol. The number of carbonyl (C=O) groups excluding carboxylic acids is 1. The number of anilines is 3. The lowest BCUT2D eigenvalue weighted by Gasteiger charge is -2.11. The van der Waals surface area contributed by atoms with Crippen LogP contribution < -0.4 is 20.7 Å². The summed E-state index contributed by atoms with van der Waals surface area (Å²) in [6.07, 6.45) is 0. The maximum Gasteiger partial charge on any atom is 0.277 e. The Kier molecular flexibility index (Phi) is 7.48. The normalized spacial score (nSPS) is 10.3. The second-order valence-corrected chi connectivity index (χ2v) is 7.01. The average Bonchev–Trinajstić information content (AvgIpc) is 2.81. The Hall–Kier alpha value is -4.81.